The van der Waals surface area contributed by atoms with Crippen LogP contribution in [0.15, 0.2) is 40.3 Å². The van der Waals surface area contributed by atoms with Crippen LogP contribution in [-0.2, 0) is 12.2 Å². The number of aromatic carboxylic acids is 1. The van der Waals surface area contributed by atoms with Crippen molar-refractivity contribution in [3.63, 3.8) is 0 Å². The highest BCUT2D eigenvalue weighted by molar-refractivity contribution is 7.98. The highest BCUT2D eigenvalue weighted by Gasteiger charge is 2.06. The second kappa shape index (κ2) is 7.79. The number of unbranched alkanes of at least 4 members (excludes halogenated alkanes) is 1. The van der Waals surface area contributed by atoms with Gasteiger partial charge in [0.05, 0.1) is 5.56 Å². The van der Waals surface area contributed by atoms with E-state index in [4.69, 9.17) is 5.11 Å². The molecule has 0 atom stereocenters. The topological polar surface area (TPSA) is 83.0 Å². The van der Waals surface area contributed by atoms with Crippen molar-refractivity contribution >= 4 is 17.7 Å². The van der Waals surface area contributed by atoms with Gasteiger partial charge in [0.1, 0.15) is 0 Å². The van der Waals surface area contributed by atoms with E-state index in [1.54, 1.807) is 18.2 Å². The van der Waals surface area contributed by atoms with Crippen LogP contribution in [0.2, 0.25) is 0 Å². The van der Waals surface area contributed by atoms with Crippen LogP contribution in [-0.4, -0.2) is 21.0 Å². The number of aromatic nitrogens is 2. The molecule has 0 aliphatic heterocycles. The van der Waals surface area contributed by atoms with Crippen molar-refractivity contribution in [2.75, 3.05) is 0 Å². The van der Waals surface area contributed by atoms with Crippen molar-refractivity contribution in [1.82, 2.24) is 9.97 Å². The average molecular weight is 318 g/mol. The van der Waals surface area contributed by atoms with Gasteiger partial charge in [0.15, 0.2) is 5.16 Å². The van der Waals surface area contributed by atoms with Crippen molar-refractivity contribution in [3.8, 4) is 0 Å². The first-order valence-corrected chi connectivity index (χ1v) is 8.12. The second-order valence-corrected chi connectivity index (χ2v) is 5.90. The van der Waals surface area contributed by atoms with Crippen LogP contribution in [0.25, 0.3) is 0 Å². The van der Waals surface area contributed by atoms with Gasteiger partial charge in [-0.05, 0) is 30.5 Å². The maximum atomic E-state index is 11.6. The van der Waals surface area contributed by atoms with E-state index in [-0.39, 0.29) is 11.1 Å². The highest BCUT2D eigenvalue weighted by atomic mass is 32.2. The van der Waals surface area contributed by atoms with Crippen LogP contribution in [0.4, 0.5) is 0 Å². The zero-order chi connectivity index (χ0) is 15.9. The predicted octanol–water partition coefficient (Wildman–Crippen LogP) is 3.10. The molecule has 2 N–H and O–H groups in total. The number of aromatic amines is 1. The second-order valence-electron chi connectivity index (χ2n) is 4.94. The van der Waals surface area contributed by atoms with E-state index >= 15 is 0 Å². The Morgan fingerprint density at radius 2 is 2.18 bits per heavy atom. The van der Waals surface area contributed by atoms with Gasteiger partial charge in [0, 0.05) is 17.5 Å². The molecule has 0 saturated carbocycles. The third kappa shape index (κ3) is 4.73. The minimum Gasteiger partial charge on any atom is -0.478 e. The summed E-state index contributed by atoms with van der Waals surface area (Å²) in [5.74, 6) is -0.388. The maximum absolute atomic E-state index is 11.6. The summed E-state index contributed by atoms with van der Waals surface area (Å²) in [6.07, 6.45) is 2.85. The van der Waals surface area contributed by atoms with Gasteiger partial charge in [0.25, 0.3) is 5.56 Å². The number of nitrogens with one attached hydrogen (secondary N) is 1. The zero-order valence-electron chi connectivity index (χ0n) is 12.3. The molecule has 0 amide bonds. The number of H-pyrrole nitrogens is 1. The van der Waals surface area contributed by atoms with Crippen LogP contribution in [0.3, 0.4) is 0 Å². The van der Waals surface area contributed by atoms with Crippen molar-refractivity contribution < 1.29 is 9.90 Å². The number of thioether (sulfide) groups is 1. The Labute approximate surface area is 132 Å². The van der Waals surface area contributed by atoms with Gasteiger partial charge in [-0.2, -0.15) is 0 Å². The Hall–Kier alpha value is -2.08. The van der Waals surface area contributed by atoms with E-state index in [1.165, 1.54) is 17.8 Å². The molecular formula is C16H18N2O3S. The van der Waals surface area contributed by atoms with E-state index in [9.17, 15) is 9.59 Å². The molecule has 0 saturated heterocycles. The van der Waals surface area contributed by atoms with E-state index in [2.05, 4.69) is 16.9 Å². The molecule has 0 aliphatic carbocycles. The molecule has 1 aromatic heterocycles. The molecule has 1 aromatic carbocycles. The molecular weight excluding hydrogens is 300 g/mol. The SMILES string of the molecule is CCCCc1cc(=O)[nH]c(SCc2cccc(C(=O)O)c2)n1. The summed E-state index contributed by atoms with van der Waals surface area (Å²) in [7, 11) is 0. The zero-order valence-corrected chi connectivity index (χ0v) is 13.2. The number of hydrogen-bond acceptors (Lipinski definition) is 4. The lowest BCUT2D eigenvalue weighted by Crippen LogP contribution is -2.10. The Bertz CT molecular complexity index is 713. The smallest absolute Gasteiger partial charge is 0.335 e. The Morgan fingerprint density at radius 3 is 2.91 bits per heavy atom. The van der Waals surface area contributed by atoms with Gasteiger partial charge in [-0.25, -0.2) is 9.78 Å². The van der Waals surface area contributed by atoms with Gasteiger partial charge in [0.2, 0.25) is 0 Å². The van der Waals surface area contributed by atoms with Crippen molar-refractivity contribution in [2.24, 2.45) is 0 Å². The van der Waals surface area contributed by atoms with E-state index in [1.807, 2.05) is 6.07 Å². The van der Waals surface area contributed by atoms with Gasteiger partial charge in [-0.1, -0.05) is 37.2 Å². The van der Waals surface area contributed by atoms with Crippen LogP contribution >= 0.6 is 11.8 Å². The molecule has 0 spiro atoms. The fraction of sp³-hybridized carbons (Fsp3) is 0.312. The van der Waals surface area contributed by atoms with Crippen LogP contribution in [0.1, 0.15) is 41.4 Å². The quantitative estimate of drug-likeness (QED) is 0.605. The van der Waals surface area contributed by atoms with E-state index < -0.39 is 5.97 Å². The first kappa shape index (κ1) is 16.3. The van der Waals surface area contributed by atoms with Gasteiger partial charge in [-0.15, -0.1) is 0 Å². The van der Waals surface area contributed by atoms with E-state index in [0.717, 1.165) is 30.5 Å². The summed E-state index contributed by atoms with van der Waals surface area (Å²) < 4.78 is 0. The third-order valence-electron chi connectivity index (χ3n) is 3.11. The summed E-state index contributed by atoms with van der Waals surface area (Å²) in [5, 5.41) is 9.55. The predicted molar refractivity (Wildman–Crippen MR) is 86.4 cm³/mol. The summed E-state index contributed by atoms with van der Waals surface area (Å²) in [6.45, 7) is 2.10. The summed E-state index contributed by atoms with van der Waals surface area (Å²) >= 11 is 1.40. The lowest BCUT2D eigenvalue weighted by Gasteiger charge is -2.05. The molecule has 0 radical (unpaired) electrons. The summed E-state index contributed by atoms with van der Waals surface area (Å²) in [4.78, 5) is 29.7. The van der Waals surface area contributed by atoms with Crippen molar-refractivity contribution in [2.45, 2.75) is 37.1 Å². The summed E-state index contributed by atoms with van der Waals surface area (Å²) in [6, 6.07) is 8.30. The number of carboxylic acids is 1. The van der Waals surface area contributed by atoms with Gasteiger partial charge >= 0.3 is 5.97 Å². The fourth-order valence-corrected chi connectivity index (χ4v) is 2.82. The number of carboxylic acid groups (broad SMARTS) is 1. The molecule has 22 heavy (non-hydrogen) atoms. The molecule has 1 heterocycles. The van der Waals surface area contributed by atoms with E-state index in [0.29, 0.717) is 10.9 Å². The molecule has 2 rings (SSSR count). The Balaban J connectivity index is 2.07. The van der Waals surface area contributed by atoms with Crippen LogP contribution in [0.5, 0.6) is 0 Å². The monoisotopic (exact) mass is 318 g/mol. The minimum absolute atomic E-state index is 0.150. The Morgan fingerprint density at radius 1 is 1.36 bits per heavy atom. The highest BCUT2D eigenvalue weighted by Crippen LogP contribution is 2.19. The number of aryl methyl sites for hydroxylation is 1. The Kier molecular flexibility index (Phi) is 5.77. The largest absolute Gasteiger partial charge is 0.478 e. The minimum atomic E-state index is -0.944. The fourth-order valence-electron chi connectivity index (χ4n) is 1.98. The average Bonchev–Trinajstić information content (AvgIpc) is 2.51. The normalized spacial score (nSPS) is 10.6. The third-order valence-corrected chi connectivity index (χ3v) is 4.05. The van der Waals surface area contributed by atoms with Gasteiger partial charge in [-0.3, -0.25) is 4.79 Å². The van der Waals surface area contributed by atoms with Crippen LogP contribution < -0.4 is 5.56 Å². The number of benzene rings is 1. The van der Waals surface area contributed by atoms with Crippen molar-refractivity contribution in [3.05, 3.63) is 57.5 Å². The first-order valence-electron chi connectivity index (χ1n) is 7.13. The standard InChI is InChI=1S/C16H18N2O3S/c1-2-3-7-13-9-14(19)18-16(17-13)22-10-11-5-4-6-12(8-11)15(20)21/h4-6,8-9H,2-3,7,10H2,1H3,(H,20,21)(H,17,18,19). The molecule has 0 bridgehead atoms. The lowest BCUT2D eigenvalue weighted by molar-refractivity contribution is 0.0697. The number of rotatable bonds is 7. The number of carbonyl (C=O) groups is 1. The first-order chi connectivity index (χ1) is 10.6. The number of nitrogens with zero attached hydrogens (tertiary/aromatic N) is 1. The molecule has 2 aromatic rings. The molecule has 0 unspecified atom stereocenters. The molecule has 0 aliphatic rings. The molecule has 6 heteroatoms. The number of hydrogen-bond donors (Lipinski definition) is 2. The van der Waals surface area contributed by atoms with Crippen molar-refractivity contribution in [1.29, 1.82) is 0 Å². The summed E-state index contributed by atoms with van der Waals surface area (Å²) in [5.41, 5.74) is 1.79. The maximum Gasteiger partial charge on any atom is 0.335 e. The van der Waals surface area contributed by atoms with Gasteiger partial charge < -0.3 is 10.1 Å². The molecule has 0 fully saturated rings. The lowest BCUT2D eigenvalue weighted by atomic mass is 10.1. The van der Waals surface area contributed by atoms with Crippen LogP contribution in [0, 0.1) is 0 Å². The molecule has 5 nitrogen and oxygen atoms in total. The molecule has 116 valence electrons.